The van der Waals surface area contributed by atoms with Gasteiger partial charge < -0.3 is 4.74 Å². The summed E-state index contributed by atoms with van der Waals surface area (Å²) in [5.41, 5.74) is 5.19. The smallest absolute Gasteiger partial charge is 0.328 e. The number of nitrogens with zero attached hydrogens (tertiary/aromatic N) is 4. The fourth-order valence-corrected chi connectivity index (χ4v) is 4.82. The molecule has 0 spiro atoms. The molecule has 0 aliphatic heterocycles. The zero-order valence-corrected chi connectivity index (χ0v) is 17.9. The number of aromatic nitrogens is 5. The number of rotatable bonds is 5. The van der Waals surface area contributed by atoms with Crippen LogP contribution in [0.4, 0.5) is 0 Å². The highest BCUT2D eigenvalue weighted by Crippen LogP contribution is 2.37. The minimum absolute atomic E-state index is 0.0425. The summed E-state index contributed by atoms with van der Waals surface area (Å²) in [4.78, 5) is 16.9. The van der Waals surface area contributed by atoms with Crippen molar-refractivity contribution in [3.8, 4) is 17.0 Å². The van der Waals surface area contributed by atoms with E-state index in [9.17, 15) is 4.79 Å². The second kappa shape index (κ2) is 8.06. The fourth-order valence-electron chi connectivity index (χ4n) is 4.82. The molecule has 7 nitrogen and oxygen atoms in total. The third-order valence-electron chi connectivity index (χ3n) is 6.65. The zero-order chi connectivity index (χ0) is 21.4. The predicted octanol–water partition coefficient (Wildman–Crippen LogP) is 4.11. The van der Waals surface area contributed by atoms with E-state index >= 15 is 0 Å². The van der Waals surface area contributed by atoms with Crippen molar-refractivity contribution in [2.24, 2.45) is 13.0 Å². The van der Waals surface area contributed by atoms with Crippen LogP contribution in [-0.2, 0) is 13.6 Å². The third-order valence-corrected chi connectivity index (χ3v) is 6.65. The number of ether oxygens (including phenoxy) is 1. The molecule has 1 N–H and O–H groups in total. The molecule has 5 rings (SSSR count). The van der Waals surface area contributed by atoms with Gasteiger partial charge in [0.15, 0.2) is 0 Å². The van der Waals surface area contributed by atoms with E-state index in [4.69, 9.17) is 4.74 Å². The molecule has 3 heterocycles. The minimum Gasteiger partial charge on any atom is -0.497 e. The number of aryl methyl sites for hydroxylation is 1. The van der Waals surface area contributed by atoms with Crippen molar-refractivity contribution in [3.63, 3.8) is 0 Å². The summed E-state index contributed by atoms with van der Waals surface area (Å²) < 4.78 is 9.02. The summed E-state index contributed by atoms with van der Waals surface area (Å²) >= 11 is 0. The first-order chi connectivity index (χ1) is 15.1. The first-order valence-corrected chi connectivity index (χ1v) is 10.8. The van der Waals surface area contributed by atoms with Gasteiger partial charge in [-0.3, -0.25) is 19.2 Å². The first-order valence-electron chi connectivity index (χ1n) is 10.8. The van der Waals surface area contributed by atoms with Crippen LogP contribution in [0, 0.1) is 5.92 Å². The quantitative estimate of drug-likeness (QED) is 0.530. The number of imidazole rings is 1. The van der Waals surface area contributed by atoms with E-state index in [0.29, 0.717) is 11.8 Å². The molecule has 0 unspecified atom stereocenters. The van der Waals surface area contributed by atoms with Gasteiger partial charge >= 0.3 is 5.69 Å². The Morgan fingerprint density at radius 1 is 1.06 bits per heavy atom. The number of H-pyrrole nitrogens is 1. The van der Waals surface area contributed by atoms with Crippen molar-refractivity contribution in [3.05, 3.63) is 65.0 Å². The Morgan fingerprint density at radius 3 is 2.58 bits per heavy atom. The average Bonchev–Trinajstić information content (AvgIpc) is 3.40. The third kappa shape index (κ3) is 3.65. The van der Waals surface area contributed by atoms with Crippen molar-refractivity contribution in [2.75, 3.05) is 7.11 Å². The zero-order valence-electron chi connectivity index (χ0n) is 17.9. The monoisotopic (exact) mass is 417 g/mol. The molecule has 31 heavy (non-hydrogen) atoms. The molecule has 7 heteroatoms. The molecular formula is C24H27N5O2. The molecule has 0 saturated heterocycles. The Balaban J connectivity index is 1.29. The highest BCUT2D eigenvalue weighted by atomic mass is 16.5. The molecule has 1 saturated carbocycles. The van der Waals surface area contributed by atoms with Gasteiger partial charge in [-0.15, -0.1) is 0 Å². The molecule has 1 fully saturated rings. The van der Waals surface area contributed by atoms with Gasteiger partial charge in [-0.1, -0.05) is 0 Å². The van der Waals surface area contributed by atoms with Crippen LogP contribution in [-0.4, -0.2) is 31.4 Å². The summed E-state index contributed by atoms with van der Waals surface area (Å²) in [5.74, 6) is 1.76. The number of aromatic amines is 1. The van der Waals surface area contributed by atoms with Gasteiger partial charge in [0, 0.05) is 49.2 Å². The summed E-state index contributed by atoms with van der Waals surface area (Å²) in [5, 5.41) is 7.75. The lowest BCUT2D eigenvalue weighted by Gasteiger charge is -2.28. The van der Waals surface area contributed by atoms with Crippen molar-refractivity contribution < 1.29 is 4.74 Å². The standard InChI is InChI=1S/C24H27N5O2/c1-28-22-8-7-19(31-2)13-23(22)29(24(28)30)15-16-3-5-17(6-4-16)20-14-21(27-26-20)18-9-11-25-12-10-18/h7-14,16-17H,3-6,15H2,1-2H3,(H,26,27)/t16-,17-. The molecule has 0 bridgehead atoms. The van der Waals surface area contributed by atoms with E-state index < -0.39 is 0 Å². The lowest BCUT2D eigenvalue weighted by Crippen LogP contribution is -2.27. The second-order valence-electron chi connectivity index (χ2n) is 8.47. The van der Waals surface area contributed by atoms with Crippen LogP contribution in [0.15, 0.2) is 53.6 Å². The highest BCUT2D eigenvalue weighted by Gasteiger charge is 2.25. The largest absolute Gasteiger partial charge is 0.497 e. The van der Waals surface area contributed by atoms with Gasteiger partial charge in [0.2, 0.25) is 0 Å². The fraction of sp³-hybridized carbons (Fsp3) is 0.375. The lowest BCUT2D eigenvalue weighted by molar-refractivity contribution is 0.291. The van der Waals surface area contributed by atoms with Crippen molar-refractivity contribution in [2.45, 2.75) is 38.1 Å². The number of nitrogens with one attached hydrogen (secondary N) is 1. The van der Waals surface area contributed by atoms with Crippen LogP contribution in [0.25, 0.3) is 22.3 Å². The molecular weight excluding hydrogens is 390 g/mol. The maximum atomic E-state index is 12.9. The Kier molecular flexibility index (Phi) is 5.10. The molecule has 0 radical (unpaired) electrons. The van der Waals surface area contributed by atoms with E-state index in [1.165, 1.54) is 5.69 Å². The number of hydrogen-bond donors (Lipinski definition) is 1. The Hall–Kier alpha value is -3.35. The van der Waals surface area contributed by atoms with Crippen LogP contribution in [0.3, 0.4) is 0 Å². The van der Waals surface area contributed by atoms with Gasteiger partial charge in [-0.05, 0) is 61.9 Å². The van der Waals surface area contributed by atoms with E-state index in [0.717, 1.165) is 60.3 Å². The normalized spacial score (nSPS) is 19.0. The van der Waals surface area contributed by atoms with Gasteiger partial charge in [0.1, 0.15) is 5.75 Å². The van der Waals surface area contributed by atoms with Crippen molar-refractivity contribution in [1.29, 1.82) is 0 Å². The number of methoxy groups -OCH3 is 1. The molecule has 1 aliphatic rings. The lowest BCUT2D eigenvalue weighted by atomic mass is 9.80. The number of benzene rings is 1. The van der Waals surface area contributed by atoms with E-state index in [-0.39, 0.29) is 5.69 Å². The van der Waals surface area contributed by atoms with E-state index in [1.807, 2.05) is 41.9 Å². The van der Waals surface area contributed by atoms with Crippen LogP contribution in [0.5, 0.6) is 5.75 Å². The SMILES string of the molecule is COc1ccc2c(c1)n(C[C@H]1CC[C@H](c3cc(-c4ccncc4)n[nH]3)CC1)c(=O)n2C. The van der Waals surface area contributed by atoms with Crippen LogP contribution < -0.4 is 10.4 Å². The molecule has 3 aromatic heterocycles. The molecule has 4 aromatic rings. The Morgan fingerprint density at radius 2 is 1.84 bits per heavy atom. The van der Waals surface area contributed by atoms with Gasteiger partial charge in [-0.25, -0.2) is 4.79 Å². The van der Waals surface area contributed by atoms with Gasteiger partial charge in [0.25, 0.3) is 0 Å². The molecule has 0 atom stereocenters. The average molecular weight is 418 g/mol. The number of pyridine rings is 1. The summed E-state index contributed by atoms with van der Waals surface area (Å²) in [6.07, 6.45) is 7.98. The van der Waals surface area contributed by atoms with Crippen molar-refractivity contribution >= 4 is 11.0 Å². The van der Waals surface area contributed by atoms with Gasteiger partial charge in [-0.2, -0.15) is 5.10 Å². The Bertz CT molecular complexity index is 1250. The summed E-state index contributed by atoms with van der Waals surface area (Å²) in [7, 11) is 3.49. The van der Waals surface area contributed by atoms with E-state index in [1.54, 1.807) is 24.1 Å². The highest BCUT2D eigenvalue weighted by molar-refractivity contribution is 5.77. The number of fused-ring (bicyclic) bond motifs is 1. The van der Waals surface area contributed by atoms with E-state index in [2.05, 4.69) is 21.2 Å². The number of hydrogen-bond acceptors (Lipinski definition) is 4. The minimum atomic E-state index is 0.0425. The summed E-state index contributed by atoms with van der Waals surface area (Å²) in [6, 6.07) is 12.0. The topological polar surface area (TPSA) is 77.7 Å². The molecule has 160 valence electrons. The van der Waals surface area contributed by atoms with Crippen LogP contribution >= 0.6 is 0 Å². The maximum absolute atomic E-state index is 12.9. The van der Waals surface area contributed by atoms with Crippen LogP contribution in [0.2, 0.25) is 0 Å². The van der Waals surface area contributed by atoms with Crippen molar-refractivity contribution in [1.82, 2.24) is 24.3 Å². The molecule has 0 amide bonds. The Labute approximate surface area is 180 Å². The summed E-state index contributed by atoms with van der Waals surface area (Å²) in [6.45, 7) is 0.751. The molecule has 1 aromatic carbocycles. The first kappa shape index (κ1) is 19.6. The predicted molar refractivity (Wildman–Crippen MR) is 120 cm³/mol. The van der Waals surface area contributed by atoms with Gasteiger partial charge in [0.05, 0.1) is 23.8 Å². The van der Waals surface area contributed by atoms with Crippen LogP contribution in [0.1, 0.15) is 37.3 Å². The molecule has 1 aliphatic carbocycles. The maximum Gasteiger partial charge on any atom is 0.328 e. The second-order valence-corrected chi connectivity index (χ2v) is 8.47.